The second kappa shape index (κ2) is 5.89. The first kappa shape index (κ1) is 13.5. The van der Waals surface area contributed by atoms with E-state index >= 15 is 0 Å². The molecule has 0 saturated carbocycles. The summed E-state index contributed by atoms with van der Waals surface area (Å²) in [6.07, 6.45) is 2.63. The molecule has 2 aliphatic rings. The van der Waals surface area contributed by atoms with Gasteiger partial charge in [0.1, 0.15) is 5.75 Å². The number of phenolic OH excluding ortho intramolecular Hbond substituents is 1. The normalized spacial score (nSPS) is 19.4. The molecular weight excluding hydrogens is 256 g/mol. The molecule has 110 valence electrons. The number of phenols is 1. The third-order valence-electron chi connectivity index (χ3n) is 3.95. The largest absolute Gasteiger partial charge is 0.507 e. The van der Waals surface area contributed by atoms with Gasteiger partial charge in [-0.15, -0.1) is 0 Å². The number of nitrogens with zero attached hydrogens (tertiary/aromatic N) is 1. The van der Waals surface area contributed by atoms with Crippen molar-refractivity contribution in [1.82, 2.24) is 10.2 Å². The van der Waals surface area contributed by atoms with Crippen molar-refractivity contribution in [3.63, 3.8) is 0 Å². The van der Waals surface area contributed by atoms with E-state index in [0.717, 1.165) is 12.1 Å². The molecule has 1 unspecified atom stereocenters. The molecule has 20 heavy (non-hydrogen) atoms. The van der Waals surface area contributed by atoms with Crippen LogP contribution >= 0.6 is 0 Å². The average Bonchev–Trinajstić information content (AvgIpc) is 3.06. The first-order valence-corrected chi connectivity index (χ1v) is 7.29. The standard InChI is InChI=1S/C15H22N2O3/c1-11(9-17-4-2-3-5-17)16-8-12-6-14-15(7-13(12)18)20-10-19-14/h6-7,11,16,18H,2-5,8-10H2,1H3. The molecule has 0 spiro atoms. The Morgan fingerprint density at radius 1 is 1.25 bits per heavy atom. The van der Waals surface area contributed by atoms with Crippen LogP contribution in [0, 0.1) is 0 Å². The third kappa shape index (κ3) is 2.99. The number of nitrogens with one attached hydrogen (secondary N) is 1. The summed E-state index contributed by atoms with van der Waals surface area (Å²) in [5.74, 6) is 1.60. The van der Waals surface area contributed by atoms with Crippen LogP contribution in [0.4, 0.5) is 0 Å². The molecule has 2 N–H and O–H groups in total. The van der Waals surface area contributed by atoms with Gasteiger partial charge in [0, 0.05) is 30.8 Å². The van der Waals surface area contributed by atoms with E-state index in [4.69, 9.17) is 9.47 Å². The zero-order valence-corrected chi connectivity index (χ0v) is 11.9. The first-order valence-electron chi connectivity index (χ1n) is 7.29. The number of benzene rings is 1. The van der Waals surface area contributed by atoms with Crippen LogP contribution in [0.2, 0.25) is 0 Å². The van der Waals surface area contributed by atoms with Crippen LogP contribution in [0.3, 0.4) is 0 Å². The van der Waals surface area contributed by atoms with Crippen molar-refractivity contribution >= 4 is 0 Å². The molecule has 1 saturated heterocycles. The highest BCUT2D eigenvalue weighted by atomic mass is 16.7. The van der Waals surface area contributed by atoms with Crippen LogP contribution in [-0.4, -0.2) is 42.5 Å². The molecule has 2 aliphatic heterocycles. The van der Waals surface area contributed by atoms with E-state index in [0.29, 0.717) is 24.1 Å². The summed E-state index contributed by atoms with van der Waals surface area (Å²) in [4.78, 5) is 2.48. The van der Waals surface area contributed by atoms with E-state index in [1.165, 1.54) is 25.9 Å². The molecule has 5 nitrogen and oxygen atoms in total. The Morgan fingerprint density at radius 2 is 1.95 bits per heavy atom. The van der Waals surface area contributed by atoms with Crippen molar-refractivity contribution in [1.29, 1.82) is 0 Å². The summed E-state index contributed by atoms with van der Waals surface area (Å²) >= 11 is 0. The minimum absolute atomic E-state index is 0.233. The zero-order valence-electron chi connectivity index (χ0n) is 11.9. The minimum Gasteiger partial charge on any atom is -0.507 e. The Morgan fingerprint density at radius 3 is 2.70 bits per heavy atom. The molecule has 2 heterocycles. The van der Waals surface area contributed by atoms with Crippen LogP contribution in [0.5, 0.6) is 17.2 Å². The Kier molecular flexibility index (Phi) is 3.98. The van der Waals surface area contributed by atoms with Crippen molar-refractivity contribution in [3.8, 4) is 17.2 Å². The second-order valence-electron chi connectivity index (χ2n) is 5.62. The van der Waals surface area contributed by atoms with Gasteiger partial charge >= 0.3 is 0 Å². The van der Waals surface area contributed by atoms with Crippen molar-refractivity contribution in [2.45, 2.75) is 32.4 Å². The predicted molar refractivity (Wildman–Crippen MR) is 76.2 cm³/mol. The van der Waals surface area contributed by atoms with E-state index in [1.807, 2.05) is 6.07 Å². The highest BCUT2D eigenvalue weighted by Gasteiger charge is 2.18. The highest BCUT2D eigenvalue weighted by molar-refractivity contribution is 5.51. The number of fused-ring (bicyclic) bond motifs is 1. The lowest BCUT2D eigenvalue weighted by Gasteiger charge is -2.21. The van der Waals surface area contributed by atoms with Crippen LogP contribution in [0.25, 0.3) is 0 Å². The number of ether oxygens (including phenoxy) is 2. The van der Waals surface area contributed by atoms with Crippen LogP contribution in [0.15, 0.2) is 12.1 Å². The molecule has 1 fully saturated rings. The van der Waals surface area contributed by atoms with E-state index in [1.54, 1.807) is 6.07 Å². The van der Waals surface area contributed by atoms with Gasteiger partial charge < -0.3 is 24.8 Å². The Balaban J connectivity index is 1.55. The van der Waals surface area contributed by atoms with Crippen molar-refractivity contribution in [3.05, 3.63) is 17.7 Å². The number of likely N-dealkylation sites (tertiary alicyclic amines) is 1. The van der Waals surface area contributed by atoms with Gasteiger partial charge in [-0.05, 0) is 38.9 Å². The lowest BCUT2D eigenvalue weighted by Crippen LogP contribution is -2.37. The smallest absolute Gasteiger partial charge is 0.231 e. The Bertz CT molecular complexity index is 472. The number of rotatable bonds is 5. The van der Waals surface area contributed by atoms with Gasteiger partial charge in [0.2, 0.25) is 6.79 Å². The molecule has 3 rings (SSSR count). The fraction of sp³-hybridized carbons (Fsp3) is 0.600. The Hall–Kier alpha value is -1.46. The minimum atomic E-state index is 0.233. The van der Waals surface area contributed by atoms with Crippen molar-refractivity contribution in [2.75, 3.05) is 26.4 Å². The van der Waals surface area contributed by atoms with Gasteiger partial charge in [0.05, 0.1) is 0 Å². The fourth-order valence-corrected chi connectivity index (χ4v) is 2.82. The summed E-state index contributed by atoms with van der Waals surface area (Å²) in [5.41, 5.74) is 0.850. The molecule has 0 bridgehead atoms. The summed E-state index contributed by atoms with van der Waals surface area (Å²) in [6.45, 7) is 6.53. The summed E-state index contributed by atoms with van der Waals surface area (Å²) in [7, 11) is 0. The van der Waals surface area contributed by atoms with Gasteiger partial charge in [-0.25, -0.2) is 0 Å². The van der Waals surface area contributed by atoms with Gasteiger partial charge in [0.25, 0.3) is 0 Å². The zero-order chi connectivity index (χ0) is 13.9. The second-order valence-corrected chi connectivity index (χ2v) is 5.62. The maximum atomic E-state index is 9.99. The maximum Gasteiger partial charge on any atom is 0.231 e. The van der Waals surface area contributed by atoms with Crippen molar-refractivity contribution in [2.24, 2.45) is 0 Å². The molecule has 0 aromatic heterocycles. The summed E-state index contributed by atoms with van der Waals surface area (Å²) in [6, 6.07) is 3.88. The first-order chi connectivity index (χ1) is 9.72. The van der Waals surface area contributed by atoms with Gasteiger partial charge in [-0.1, -0.05) is 0 Å². The van der Waals surface area contributed by atoms with E-state index < -0.39 is 0 Å². The molecular formula is C15H22N2O3. The topological polar surface area (TPSA) is 54.0 Å². The SMILES string of the molecule is CC(CN1CCCC1)NCc1cc2c(cc1O)OCO2. The van der Waals surface area contributed by atoms with Crippen LogP contribution < -0.4 is 14.8 Å². The molecule has 0 radical (unpaired) electrons. The molecule has 1 aromatic rings. The summed E-state index contributed by atoms with van der Waals surface area (Å²) < 4.78 is 10.6. The van der Waals surface area contributed by atoms with Gasteiger partial charge in [0.15, 0.2) is 11.5 Å². The quantitative estimate of drug-likeness (QED) is 0.858. The fourth-order valence-electron chi connectivity index (χ4n) is 2.82. The van der Waals surface area contributed by atoms with Crippen LogP contribution in [-0.2, 0) is 6.54 Å². The van der Waals surface area contributed by atoms with E-state index in [9.17, 15) is 5.11 Å². The molecule has 1 atom stereocenters. The lowest BCUT2D eigenvalue weighted by atomic mass is 10.1. The van der Waals surface area contributed by atoms with Crippen LogP contribution in [0.1, 0.15) is 25.3 Å². The predicted octanol–water partition coefficient (Wildman–Crippen LogP) is 1.69. The molecule has 0 amide bonds. The van der Waals surface area contributed by atoms with Gasteiger partial charge in [-0.3, -0.25) is 0 Å². The lowest BCUT2D eigenvalue weighted by molar-refractivity contribution is 0.174. The van der Waals surface area contributed by atoms with Gasteiger partial charge in [-0.2, -0.15) is 0 Å². The average molecular weight is 278 g/mol. The molecule has 0 aliphatic carbocycles. The highest BCUT2D eigenvalue weighted by Crippen LogP contribution is 2.37. The monoisotopic (exact) mass is 278 g/mol. The molecule has 1 aromatic carbocycles. The number of hydrogen-bond acceptors (Lipinski definition) is 5. The number of aromatic hydroxyl groups is 1. The van der Waals surface area contributed by atoms with E-state index in [-0.39, 0.29) is 12.5 Å². The van der Waals surface area contributed by atoms with E-state index in [2.05, 4.69) is 17.1 Å². The molecule has 5 heteroatoms. The van der Waals surface area contributed by atoms with Crippen molar-refractivity contribution < 1.29 is 14.6 Å². The maximum absolute atomic E-state index is 9.99. The number of hydrogen-bond donors (Lipinski definition) is 2. The Labute approximate surface area is 119 Å². The third-order valence-corrected chi connectivity index (χ3v) is 3.95. The summed E-state index contributed by atoms with van der Waals surface area (Å²) in [5, 5.41) is 13.4.